The van der Waals surface area contributed by atoms with E-state index in [1.807, 2.05) is 18.2 Å². The molecule has 20 heavy (non-hydrogen) atoms. The first kappa shape index (κ1) is 14.4. The van der Waals surface area contributed by atoms with Gasteiger partial charge in [0, 0.05) is 11.6 Å². The molecule has 0 saturated carbocycles. The molecule has 0 heterocycles. The molecule has 0 aromatic heterocycles. The second kappa shape index (κ2) is 6.41. The van der Waals surface area contributed by atoms with Crippen LogP contribution in [0.4, 0.5) is 4.39 Å². The number of methoxy groups -OCH3 is 1. The van der Waals surface area contributed by atoms with Crippen LogP contribution in [0.25, 0.3) is 0 Å². The van der Waals surface area contributed by atoms with Crippen LogP contribution < -0.4 is 14.9 Å². The van der Waals surface area contributed by atoms with E-state index in [1.165, 1.54) is 12.1 Å². The minimum Gasteiger partial charge on any atom is -0.496 e. The second-order valence-corrected chi connectivity index (χ2v) is 4.19. The van der Waals surface area contributed by atoms with Crippen LogP contribution in [-0.2, 0) is 6.61 Å². The summed E-state index contributed by atoms with van der Waals surface area (Å²) >= 11 is 0. The Bertz CT molecular complexity index is 589. The molecule has 2 aromatic rings. The van der Waals surface area contributed by atoms with E-state index in [1.54, 1.807) is 13.2 Å². The van der Waals surface area contributed by atoms with Crippen LogP contribution in [0.15, 0.2) is 42.5 Å². The number of ether oxygens (including phenoxy) is 2. The van der Waals surface area contributed by atoms with Crippen LogP contribution in [0.5, 0.6) is 11.5 Å². The van der Waals surface area contributed by atoms with Crippen molar-refractivity contribution in [2.75, 3.05) is 7.11 Å². The van der Waals surface area contributed by atoms with E-state index in [-0.39, 0.29) is 17.8 Å². The Morgan fingerprint density at radius 1 is 1.15 bits per heavy atom. The summed E-state index contributed by atoms with van der Waals surface area (Å²) in [5, 5.41) is 18.1. The summed E-state index contributed by atoms with van der Waals surface area (Å²) in [6.45, 7) is 0.189. The molecular formula is C14H14BFO4. The normalized spacial score (nSPS) is 10.2. The largest absolute Gasteiger partial charge is 0.496 e. The van der Waals surface area contributed by atoms with E-state index in [0.717, 1.165) is 11.6 Å². The number of para-hydroxylation sites is 1. The van der Waals surface area contributed by atoms with Crippen molar-refractivity contribution in [2.24, 2.45) is 0 Å². The van der Waals surface area contributed by atoms with Gasteiger partial charge < -0.3 is 19.5 Å². The van der Waals surface area contributed by atoms with Gasteiger partial charge in [0.05, 0.1) is 7.11 Å². The fourth-order valence-electron chi connectivity index (χ4n) is 1.80. The number of hydrogen-bond acceptors (Lipinski definition) is 4. The molecule has 104 valence electrons. The molecule has 0 unspecified atom stereocenters. The highest BCUT2D eigenvalue weighted by atomic mass is 19.1. The molecule has 0 aliphatic rings. The molecule has 2 rings (SSSR count). The maximum absolute atomic E-state index is 13.3. The van der Waals surface area contributed by atoms with Crippen molar-refractivity contribution in [3.8, 4) is 11.5 Å². The zero-order chi connectivity index (χ0) is 14.5. The predicted molar refractivity (Wildman–Crippen MR) is 73.6 cm³/mol. The van der Waals surface area contributed by atoms with Crippen LogP contribution in [0.2, 0.25) is 0 Å². The van der Waals surface area contributed by atoms with Gasteiger partial charge in [0.15, 0.2) is 0 Å². The third-order valence-corrected chi connectivity index (χ3v) is 2.78. The molecule has 6 heteroatoms. The van der Waals surface area contributed by atoms with E-state index in [4.69, 9.17) is 19.5 Å². The Labute approximate surface area is 116 Å². The van der Waals surface area contributed by atoms with Gasteiger partial charge in [-0.2, -0.15) is 0 Å². The molecule has 0 radical (unpaired) electrons. The molecular weight excluding hydrogens is 262 g/mol. The fraction of sp³-hybridized carbons (Fsp3) is 0.143. The SMILES string of the molecule is COc1ccccc1COc1cc(F)cc(B(O)O)c1. The highest BCUT2D eigenvalue weighted by Gasteiger charge is 2.14. The topological polar surface area (TPSA) is 58.9 Å². The van der Waals surface area contributed by atoms with Gasteiger partial charge in [-0.3, -0.25) is 0 Å². The van der Waals surface area contributed by atoms with Gasteiger partial charge in [-0.25, -0.2) is 4.39 Å². The summed E-state index contributed by atoms with van der Waals surface area (Å²) in [7, 11) is -0.180. The smallest absolute Gasteiger partial charge is 0.488 e. The molecule has 0 atom stereocenters. The van der Waals surface area contributed by atoms with Crippen molar-refractivity contribution in [3.05, 3.63) is 53.8 Å². The lowest BCUT2D eigenvalue weighted by atomic mass is 9.80. The van der Waals surface area contributed by atoms with Crippen molar-refractivity contribution in [1.82, 2.24) is 0 Å². The van der Waals surface area contributed by atoms with Crippen LogP contribution in [0, 0.1) is 5.82 Å². The van der Waals surface area contributed by atoms with Gasteiger partial charge in [-0.15, -0.1) is 0 Å². The van der Waals surface area contributed by atoms with E-state index in [9.17, 15) is 4.39 Å². The van der Waals surface area contributed by atoms with Crippen LogP contribution >= 0.6 is 0 Å². The van der Waals surface area contributed by atoms with Gasteiger partial charge in [0.1, 0.15) is 23.9 Å². The predicted octanol–water partition coefficient (Wildman–Crippen LogP) is 1.09. The average Bonchev–Trinajstić information content (AvgIpc) is 2.44. The molecule has 0 saturated heterocycles. The first-order valence-corrected chi connectivity index (χ1v) is 6.01. The van der Waals surface area contributed by atoms with Gasteiger partial charge in [0.25, 0.3) is 0 Å². The molecule has 0 fully saturated rings. The van der Waals surface area contributed by atoms with Crippen molar-refractivity contribution >= 4 is 12.6 Å². The summed E-state index contributed by atoms with van der Waals surface area (Å²) in [5.74, 6) is 0.302. The van der Waals surface area contributed by atoms with Crippen LogP contribution in [0.3, 0.4) is 0 Å². The van der Waals surface area contributed by atoms with E-state index in [2.05, 4.69) is 0 Å². The Morgan fingerprint density at radius 2 is 1.90 bits per heavy atom. The Balaban J connectivity index is 2.14. The van der Waals surface area contributed by atoms with Crippen molar-refractivity contribution in [2.45, 2.75) is 6.61 Å². The number of benzene rings is 2. The summed E-state index contributed by atoms with van der Waals surface area (Å²) < 4.78 is 24.0. The first-order chi connectivity index (χ1) is 9.60. The Hall–Kier alpha value is -2.05. The lowest BCUT2D eigenvalue weighted by molar-refractivity contribution is 0.295. The van der Waals surface area contributed by atoms with Gasteiger partial charge in [0.2, 0.25) is 0 Å². The minimum absolute atomic E-state index is 0.0417. The van der Waals surface area contributed by atoms with Gasteiger partial charge in [-0.1, -0.05) is 18.2 Å². The molecule has 0 aliphatic heterocycles. The number of rotatable bonds is 5. The Kier molecular flexibility index (Phi) is 4.60. The molecule has 0 amide bonds. The molecule has 2 N–H and O–H groups in total. The van der Waals surface area contributed by atoms with Gasteiger partial charge >= 0.3 is 7.12 Å². The van der Waals surface area contributed by atoms with E-state index < -0.39 is 12.9 Å². The zero-order valence-electron chi connectivity index (χ0n) is 10.9. The zero-order valence-corrected chi connectivity index (χ0v) is 10.9. The van der Waals surface area contributed by atoms with Gasteiger partial charge in [-0.05, 0) is 23.7 Å². The lowest BCUT2D eigenvalue weighted by Crippen LogP contribution is -2.30. The Morgan fingerprint density at radius 3 is 2.60 bits per heavy atom. The van der Waals surface area contributed by atoms with E-state index >= 15 is 0 Å². The van der Waals surface area contributed by atoms with Crippen molar-refractivity contribution < 1.29 is 23.9 Å². The third kappa shape index (κ3) is 3.49. The highest BCUT2D eigenvalue weighted by Crippen LogP contribution is 2.20. The van der Waals surface area contributed by atoms with E-state index in [0.29, 0.717) is 5.75 Å². The second-order valence-electron chi connectivity index (χ2n) is 4.19. The summed E-state index contributed by atoms with van der Waals surface area (Å²) in [6.07, 6.45) is 0. The highest BCUT2D eigenvalue weighted by molar-refractivity contribution is 6.58. The fourth-order valence-corrected chi connectivity index (χ4v) is 1.80. The minimum atomic E-state index is -1.74. The maximum Gasteiger partial charge on any atom is 0.488 e. The third-order valence-electron chi connectivity index (χ3n) is 2.78. The maximum atomic E-state index is 13.3. The average molecular weight is 276 g/mol. The number of hydrogen-bond donors (Lipinski definition) is 2. The van der Waals surface area contributed by atoms with Crippen molar-refractivity contribution in [3.63, 3.8) is 0 Å². The van der Waals surface area contributed by atoms with Crippen molar-refractivity contribution in [1.29, 1.82) is 0 Å². The molecule has 4 nitrogen and oxygen atoms in total. The summed E-state index contributed by atoms with van der Waals surface area (Å²) in [5.41, 5.74) is 0.852. The summed E-state index contributed by atoms with van der Waals surface area (Å²) in [4.78, 5) is 0. The first-order valence-electron chi connectivity index (χ1n) is 6.01. The molecule has 0 bridgehead atoms. The standard InChI is InChI=1S/C14H14BFO4/c1-19-14-5-3-2-4-10(14)9-20-13-7-11(15(17)18)6-12(16)8-13/h2-8,17-18H,9H2,1H3. The number of halogens is 1. The molecule has 0 spiro atoms. The molecule has 2 aromatic carbocycles. The monoisotopic (exact) mass is 276 g/mol. The lowest BCUT2D eigenvalue weighted by Gasteiger charge is -2.11. The molecule has 0 aliphatic carbocycles. The summed E-state index contributed by atoms with van der Waals surface area (Å²) in [6, 6.07) is 10.9. The van der Waals surface area contributed by atoms with Crippen LogP contribution in [-0.4, -0.2) is 24.3 Å². The quantitative estimate of drug-likeness (QED) is 0.803. The van der Waals surface area contributed by atoms with Crippen LogP contribution in [0.1, 0.15) is 5.56 Å².